The van der Waals surface area contributed by atoms with Crippen molar-refractivity contribution < 1.29 is 4.74 Å². The van der Waals surface area contributed by atoms with Gasteiger partial charge in [-0.25, -0.2) is 0 Å². The molecule has 112 valence electrons. The van der Waals surface area contributed by atoms with Gasteiger partial charge in [0.15, 0.2) is 0 Å². The zero-order valence-electron chi connectivity index (χ0n) is 12.3. The van der Waals surface area contributed by atoms with E-state index in [1.807, 2.05) is 24.4 Å². The summed E-state index contributed by atoms with van der Waals surface area (Å²) < 4.78 is 5.61. The molecule has 21 heavy (non-hydrogen) atoms. The topological polar surface area (TPSA) is 73.1 Å². The van der Waals surface area contributed by atoms with Gasteiger partial charge in [-0.3, -0.25) is 21.2 Å². The molecule has 0 radical (unpaired) electrons. The van der Waals surface area contributed by atoms with Gasteiger partial charge < -0.3 is 4.74 Å². The van der Waals surface area contributed by atoms with Crippen LogP contribution >= 0.6 is 0 Å². The van der Waals surface area contributed by atoms with Gasteiger partial charge in [-0.1, -0.05) is 6.92 Å². The van der Waals surface area contributed by atoms with Crippen molar-refractivity contribution in [1.29, 1.82) is 0 Å². The van der Waals surface area contributed by atoms with E-state index in [0.717, 1.165) is 30.6 Å². The summed E-state index contributed by atoms with van der Waals surface area (Å²) in [5.41, 5.74) is 5.15. The van der Waals surface area contributed by atoms with Gasteiger partial charge in [0.25, 0.3) is 0 Å². The lowest BCUT2D eigenvalue weighted by molar-refractivity contribution is 0.315. The molecule has 5 nitrogen and oxygen atoms in total. The van der Waals surface area contributed by atoms with Crippen LogP contribution in [0, 0.1) is 0 Å². The highest BCUT2D eigenvalue weighted by molar-refractivity contribution is 5.26. The second-order valence-electron chi connectivity index (χ2n) is 4.92. The van der Waals surface area contributed by atoms with E-state index in [0.29, 0.717) is 6.61 Å². The maximum absolute atomic E-state index is 5.69. The number of aryl methyl sites for hydroxylation is 1. The molecule has 0 saturated heterocycles. The third kappa shape index (κ3) is 4.81. The molecular weight excluding hydrogens is 264 g/mol. The number of hydrazine groups is 1. The van der Waals surface area contributed by atoms with Crippen molar-refractivity contribution >= 4 is 0 Å². The summed E-state index contributed by atoms with van der Waals surface area (Å²) in [5, 5.41) is 0. The van der Waals surface area contributed by atoms with Crippen molar-refractivity contribution in [3.05, 3.63) is 54.1 Å². The van der Waals surface area contributed by atoms with Crippen LogP contribution in [0.15, 0.2) is 43.0 Å². The molecule has 0 bridgehead atoms. The average Bonchev–Trinajstić information content (AvgIpc) is 2.55. The van der Waals surface area contributed by atoms with Crippen molar-refractivity contribution in [3.63, 3.8) is 0 Å². The molecule has 0 fully saturated rings. The SMILES string of the molecule is CCCOc1cncc(C(CCc2ccncc2)NN)c1. The molecular formula is C16H22N4O. The standard InChI is InChI=1S/C16H22N4O/c1-2-9-21-15-10-14(11-19-12-15)16(20-17)4-3-13-5-7-18-8-6-13/h5-8,10-12,16,20H,2-4,9,17H2,1H3. The minimum atomic E-state index is 0.0517. The lowest BCUT2D eigenvalue weighted by atomic mass is 10.0. The molecule has 1 atom stereocenters. The molecule has 2 rings (SSSR count). The number of hydrogen-bond acceptors (Lipinski definition) is 5. The van der Waals surface area contributed by atoms with E-state index in [9.17, 15) is 0 Å². The Labute approximate surface area is 125 Å². The Bertz CT molecular complexity index is 533. The van der Waals surface area contributed by atoms with Gasteiger partial charge in [-0.2, -0.15) is 0 Å². The molecule has 0 aliphatic rings. The van der Waals surface area contributed by atoms with Crippen LogP contribution in [0.2, 0.25) is 0 Å². The fourth-order valence-electron chi connectivity index (χ4n) is 2.13. The number of nitrogens with zero attached hydrogens (tertiary/aromatic N) is 2. The molecule has 0 saturated carbocycles. The second kappa shape index (κ2) is 8.34. The molecule has 5 heteroatoms. The van der Waals surface area contributed by atoms with Crippen LogP contribution in [0.25, 0.3) is 0 Å². The van der Waals surface area contributed by atoms with Gasteiger partial charge >= 0.3 is 0 Å². The van der Waals surface area contributed by atoms with Crippen LogP contribution in [0.3, 0.4) is 0 Å². The van der Waals surface area contributed by atoms with Crippen molar-refractivity contribution in [2.24, 2.45) is 5.84 Å². The number of ether oxygens (including phenoxy) is 1. The maximum Gasteiger partial charge on any atom is 0.137 e. The first-order valence-corrected chi connectivity index (χ1v) is 7.26. The van der Waals surface area contributed by atoms with Crippen LogP contribution in [-0.2, 0) is 6.42 Å². The van der Waals surface area contributed by atoms with Gasteiger partial charge in [-0.05, 0) is 48.6 Å². The number of pyridine rings is 2. The van der Waals surface area contributed by atoms with Gasteiger partial charge in [-0.15, -0.1) is 0 Å². The van der Waals surface area contributed by atoms with E-state index in [4.69, 9.17) is 10.6 Å². The first-order chi connectivity index (χ1) is 10.3. The summed E-state index contributed by atoms with van der Waals surface area (Å²) in [4.78, 5) is 8.25. The molecule has 1 unspecified atom stereocenters. The quantitative estimate of drug-likeness (QED) is 0.576. The maximum atomic E-state index is 5.69. The van der Waals surface area contributed by atoms with Crippen molar-refractivity contribution in [2.75, 3.05) is 6.61 Å². The first kappa shape index (κ1) is 15.4. The fraction of sp³-hybridized carbons (Fsp3) is 0.375. The van der Waals surface area contributed by atoms with Crippen molar-refractivity contribution in [2.45, 2.75) is 32.2 Å². The number of nitrogens with two attached hydrogens (primary N) is 1. The van der Waals surface area contributed by atoms with E-state index in [1.165, 1.54) is 5.56 Å². The second-order valence-corrected chi connectivity index (χ2v) is 4.92. The summed E-state index contributed by atoms with van der Waals surface area (Å²) >= 11 is 0. The van der Waals surface area contributed by atoms with Crippen LogP contribution < -0.4 is 16.0 Å². The van der Waals surface area contributed by atoms with Gasteiger partial charge in [0.1, 0.15) is 5.75 Å². The zero-order chi connectivity index (χ0) is 14.9. The fourth-order valence-corrected chi connectivity index (χ4v) is 2.13. The third-order valence-electron chi connectivity index (χ3n) is 3.28. The van der Waals surface area contributed by atoms with E-state index in [2.05, 4.69) is 22.3 Å². The first-order valence-electron chi connectivity index (χ1n) is 7.26. The highest BCUT2D eigenvalue weighted by Crippen LogP contribution is 2.21. The molecule has 3 N–H and O–H groups in total. The summed E-state index contributed by atoms with van der Waals surface area (Å²) in [6, 6.07) is 6.09. The minimum Gasteiger partial charge on any atom is -0.492 e. The highest BCUT2D eigenvalue weighted by Gasteiger charge is 2.11. The largest absolute Gasteiger partial charge is 0.492 e. The molecule has 0 amide bonds. The lowest BCUT2D eigenvalue weighted by Gasteiger charge is -2.17. The minimum absolute atomic E-state index is 0.0517. The Morgan fingerprint density at radius 2 is 2.05 bits per heavy atom. The highest BCUT2D eigenvalue weighted by atomic mass is 16.5. The zero-order valence-corrected chi connectivity index (χ0v) is 12.3. The lowest BCUT2D eigenvalue weighted by Crippen LogP contribution is -2.28. The van der Waals surface area contributed by atoms with Gasteiger partial charge in [0.05, 0.1) is 12.8 Å². The molecule has 0 aromatic carbocycles. The summed E-state index contributed by atoms with van der Waals surface area (Å²) in [7, 11) is 0. The molecule has 0 aliphatic heterocycles. The van der Waals surface area contributed by atoms with E-state index >= 15 is 0 Å². The van der Waals surface area contributed by atoms with Crippen LogP contribution in [-0.4, -0.2) is 16.6 Å². The molecule has 0 aliphatic carbocycles. The van der Waals surface area contributed by atoms with Crippen LogP contribution in [0.5, 0.6) is 5.75 Å². The number of rotatable bonds is 8. The predicted molar refractivity (Wildman–Crippen MR) is 82.6 cm³/mol. The Kier molecular flexibility index (Phi) is 6.12. The third-order valence-corrected chi connectivity index (χ3v) is 3.28. The van der Waals surface area contributed by atoms with Crippen LogP contribution in [0.4, 0.5) is 0 Å². The molecule has 2 aromatic heterocycles. The number of nitrogens with one attached hydrogen (secondary N) is 1. The van der Waals surface area contributed by atoms with E-state index < -0.39 is 0 Å². The summed E-state index contributed by atoms with van der Waals surface area (Å²) in [6.45, 7) is 2.78. The summed E-state index contributed by atoms with van der Waals surface area (Å²) in [6.07, 6.45) is 9.97. The van der Waals surface area contributed by atoms with Crippen LogP contribution in [0.1, 0.15) is 36.9 Å². The van der Waals surface area contributed by atoms with Gasteiger partial charge in [0.2, 0.25) is 0 Å². The predicted octanol–water partition coefficient (Wildman–Crippen LogP) is 2.40. The number of aromatic nitrogens is 2. The smallest absolute Gasteiger partial charge is 0.137 e. The van der Waals surface area contributed by atoms with E-state index in [1.54, 1.807) is 18.6 Å². The molecule has 0 spiro atoms. The molecule has 2 heterocycles. The normalized spacial score (nSPS) is 12.1. The average molecular weight is 286 g/mol. The Morgan fingerprint density at radius 1 is 1.24 bits per heavy atom. The molecule has 2 aromatic rings. The van der Waals surface area contributed by atoms with Gasteiger partial charge in [0, 0.05) is 24.6 Å². The van der Waals surface area contributed by atoms with Crippen molar-refractivity contribution in [3.8, 4) is 5.75 Å². The monoisotopic (exact) mass is 286 g/mol. The Balaban J connectivity index is 1.99. The Morgan fingerprint density at radius 3 is 2.76 bits per heavy atom. The number of hydrogen-bond donors (Lipinski definition) is 2. The summed E-state index contributed by atoms with van der Waals surface area (Å²) in [5.74, 6) is 6.48. The Hall–Kier alpha value is -1.98. The van der Waals surface area contributed by atoms with E-state index in [-0.39, 0.29) is 6.04 Å². The van der Waals surface area contributed by atoms with Crippen molar-refractivity contribution in [1.82, 2.24) is 15.4 Å².